The van der Waals surface area contributed by atoms with Gasteiger partial charge in [-0.2, -0.15) is 0 Å². The van der Waals surface area contributed by atoms with Crippen molar-refractivity contribution >= 4 is 11.7 Å². The van der Waals surface area contributed by atoms with Gasteiger partial charge in [-0.3, -0.25) is 9.69 Å². The number of rotatable bonds is 4. The molecule has 5 nitrogen and oxygen atoms in total. The van der Waals surface area contributed by atoms with Crippen molar-refractivity contribution < 1.29 is 9.90 Å². The molecule has 16 heavy (non-hydrogen) atoms. The third-order valence-corrected chi connectivity index (χ3v) is 2.34. The number of nitrogens with zero attached hydrogens (tertiary/aromatic N) is 2. The maximum atomic E-state index is 11.8. The van der Waals surface area contributed by atoms with Crippen LogP contribution >= 0.6 is 0 Å². The van der Waals surface area contributed by atoms with Crippen LogP contribution in [0.4, 0.5) is 5.82 Å². The zero-order valence-electron chi connectivity index (χ0n) is 9.77. The SMILES string of the molecule is CC[C@@H](C(=O)Nc1ncccc1O)N(C)C. The van der Waals surface area contributed by atoms with E-state index in [1.165, 1.54) is 12.3 Å². The second-order valence-electron chi connectivity index (χ2n) is 3.75. The molecule has 0 saturated heterocycles. The second-order valence-corrected chi connectivity index (χ2v) is 3.75. The van der Waals surface area contributed by atoms with Gasteiger partial charge in [-0.1, -0.05) is 6.92 Å². The molecule has 0 spiro atoms. The zero-order chi connectivity index (χ0) is 12.1. The number of carbonyl (C=O) groups excluding carboxylic acids is 1. The maximum absolute atomic E-state index is 11.8. The number of hydrogen-bond acceptors (Lipinski definition) is 4. The zero-order valence-corrected chi connectivity index (χ0v) is 9.77. The highest BCUT2D eigenvalue weighted by Crippen LogP contribution is 2.18. The summed E-state index contributed by atoms with van der Waals surface area (Å²) in [7, 11) is 3.68. The minimum Gasteiger partial charge on any atom is -0.504 e. The van der Waals surface area contributed by atoms with Crippen molar-refractivity contribution in [1.29, 1.82) is 0 Å². The Morgan fingerprint density at radius 1 is 1.62 bits per heavy atom. The fraction of sp³-hybridized carbons (Fsp3) is 0.455. The van der Waals surface area contributed by atoms with Gasteiger partial charge in [0.05, 0.1) is 6.04 Å². The van der Waals surface area contributed by atoms with E-state index in [0.717, 1.165) is 0 Å². The summed E-state index contributed by atoms with van der Waals surface area (Å²) in [4.78, 5) is 17.6. The highest BCUT2D eigenvalue weighted by atomic mass is 16.3. The average molecular weight is 223 g/mol. The third-order valence-electron chi connectivity index (χ3n) is 2.34. The number of anilines is 1. The lowest BCUT2D eigenvalue weighted by Crippen LogP contribution is -2.39. The molecule has 2 N–H and O–H groups in total. The lowest BCUT2D eigenvalue weighted by Gasteiger charge is -2.21. The van der Waals surface area contributed by atoms with Crippen LogP contribution in [0.5, 0.6) is 5.75 Å². The maximum Gasteiger partial charge on any atom is 0.242 e. The van der Waals surface area contributed by atoms with Crippen molar-refractivity contribution in [2.75, 3.05) is 19.4 Å². The quantitative estimate of drug-likeness (QED) is 0.801. The Morgan fingerprint density at radius 3 is 2.81 bits per heavy atom. The fourth-order valence-corrected chi connectivity index (χ4v) is 1.48. The van der Waals surface area contributed by atoms with Gasteiger partial charge < -0.3 is 10.4 Å². The topological polar surface area (TPSA) is 65.5 Å². The molecule has 0 unspecified atom stereocenters. The van der Waals surface area contributed by atoms with E-state index >= 15 is 0 Å². The van der Waals surface area contributed by atoms with Gasteiger partial charge in [0.25, 0.3) is 0 Å². The molecule has 1 atom stereocenters. The van der Waals surface area contributed by atoms with Crippen LogP contribution in [-0.2, 0) is 4.79 Å². The number of nitrogens with one attached hydrogen (secondary N) is 1. The molecule has 0 saturated carbocycles. The van der Waals surface area contributed by atoms with Crippen molar-refractivity contribution in [3.63, 3.8) is 0 Å². The molecule has 0 aliphatic heterocycles. The van der Waals surface area contributed by atoms with Gasteiger partial charge in [0.15, 0.2) is 11.6 Å². The number of likely N-dealkylation sites (N-methyl/N-ethyl adjacent to an activating group) is 1. The van der Waals surface area contributed by atoms with Crippen LogP contribution in [0.2, 0.25) is 0 Å². The van der Waals surface area contributed by atoms with Gasteiger partial charge in [-0.15, -0.1) is 0 Å². The molecule has 5 heteroatoms. The van der Waals surface area contributed by atoms with Crippen LogP contribution in [-0.4, -0.2) is 41.0 Å². The Labute approximate surface area is 95.1 Å². The van der Waals surface area contributed by atoms with Gasteiger partial charge in [0, 0.05) is 6.20 Å². The molecule has 1 heterocycles. The highest BCUT2D eigenvalue weighted by Gasteiger charge is 2.19. The number of hydrogen-bond donors (Lipinski definition) is 2. The molecule has 1 amide bonds. The van der Waals surface area contributed by atoms with E-state index in [-0.39, 0.29) is 23.5 Å². The first-order valence-electron chi connectivity index (χ1n) is 5.17. The number of pyridine rings is 1. The van der Waals surface area contributed by atoms with Gasteiger partial charge >= 0.3 is 0 Å². The molecule has 1 aromatic rings. The monoisotopic (exact) mass is 223 g/mol. The number of amides is 1. The van der Waals surface area contributed by atoms with Crippen molar-refractivity contribution in [3.8, 4) is 5.75 Å². The first kappa shape index (κ1) is 12.4. The lowest BCUT2D eigenvalue weighted by atomic mass is 10.2. The van der Waals surface area contributed by atoms with E-state index < -0.39 is 0 Å². The predicted molar refractivity (Wildman–Crippen MR) is 62.3 cm³/mol. The fourth-order valence-electron chi connectivity index (χ4n) is 1.48. The summed E-state index contributed by atoms with van der Waals surface area (Å²) in [5.74, 6) is 0.0127. The van der Waals surface area contributed by atoms with E-state index in [1.807, 2.05) is 25.9 Å². The van der Waals surface area contributed by atoms with E-state index in [2.05, 4.69) is 10.3 Å². The summed E-state index contributed by atoms with van der Waals surface area (Å²) >= 11 is 0. The molecule has 0 aliphatic rings. The van der Waals surface area contributed by atoms with Crippen LogP contribution in [0.1, 0.15) is 13.3 Å². The Morgan fingerprint density at radius 2 is 2.31 bits per heavy atom. The van der Waals surface area contributed by atoms with Crippen LogP contribution in [0, 0.1) is 0 Å². The largest absolute Gasteiger partial charge is 0.504 e. The van der Waals surface area contributed by atoms with Crippen LogP contribution in [0.3, 0.4) is 0 Å². The molecule has 0 aromatic carbocycles. The van der Waals surface area contributed by atoms with Crippen LogP contribution in [0.25, 0.3) is 0 Å². The average Bonchev–Trinajstić information content (AvgIpc) is 2.22. The smallest absolute Gasteiger partial charge is 0.242 e. The van der Waals surface area contributed by atoms with E-state index in [1.54, 1.807) is 6.07 Å². The minimum absolute atomic E-state index is 0.0236. The summed E-state index contributed by atoms with van der Waals surface area (Å²) in [6.45, 7) is 1.93. The van der Waals surface area contributed by atoms with Crippen molar-refractivity contribution in [2.24, 2.45) is 0 Å². The first-order chi connectivity index (χ1) is 7.56. The normalized spacial score (nSPS) is 12.5. The lowest BCUT2D eigenvalue weighted by molar-refractivity contribution is -0.120. The van der Waals surface area contributed by atoms with Gasteiger partial charge in [-0.05, 0) is 32.6 Å². The molecule has 0 aliphatic carbocycles. The molecule has 1 rings (SSSR count). The summed E-state index contributed by atoms with van der Waals surface area (Å²) in [6, 6.07) is 2.87. The minimum atomic E-state index is -0.221. The number of carbonyl (C=O) groups is 1. The summed E-state index contributed by atoms with van der Waals surface area (Å²) in [5, 5.41) is 12.1. The third kappa shape index (κ3) is 2.93. The molecule has 1 aromatic heterocycles. The number of aromatic nitrogens is 1. The summed E-state index contributed by atoms with van der Waals surface area (Å²) in [5.41, 5.74) is 0. The van der Waals surface area contributed by atoms with Gasteiger partial charge in [-0.25, -0.2) is 4.98 Å². The Hall–Kier alpha value is -1.62. The van der Waals surface area contributed by atoms with E-state index in [4.69, 9.17) is 0 Å². The van der Waals surface area contributed by atoms with Crippen molar-refractivity contribution in [2.45, 2.75) is 19.4 Å². The van der Waals surface area contributed by atoms with Crippen LogP contribution in [0.15, 0.2) is 18.3 Å². The molecular formula is C11H17N3O2. The standard InChI is InChI=1S/C11H17N3O2/c1-4-8(14(2)3)11(16)13-10-9(15)6-5-7-12-10/h5-8,15H,4H2,1-3H3,(H,12,13,16)/t8-/m0/s1. The van der Waals surface area contributed by atoms with Crippen LogP contribution < -0.4 is 5.32 Å². The van der Waals surface area contributed by atoms with Gasteiger partial charge in [0.1, 0.15) is 0 Å². The summed E-state index contributed by atoms with van der Waals surface area (Å²) in [6.07, 6.45) is 2.22. The Bertz CT molecular complexity index is 366. The van der Waals surface area contributed by atoms with Crippen molar-refractivity contribution in [1.82, 2.24) is 9.88 Å². The number of aromatic hydroxyl groups is 1. The first-order valence-corrected chi connectivity index (χ1v) is 5.17. The Kier molecular flexibility index (Phi) is 4.25. The van der Waals surface area contributed by atoms with Crippen molar-refractivity contribution in [3.05, 3.63) is 18.3 Å². The van der Waals surface area contributed by atoms with E-state index in [0.29, 0.717) is 6.42 Å². The van der Waals surface area contributed by atoms with Gasteiger partial charge in [0.2, 0.25) is 5.91 Å². The second kappa shape index (κ2) is 5.46. The molecule has 0 fully saturated rings. The highest BCUT2D eigenvalue weighted by molar-refractivity contribution is 5.94. The predicted octanol–water partition coefficient (Wildman–Crippen LogP) is 1.07. The molecular weight excluding hydrogens is 206 g/mol. The summed E-state index contributed by atoms with van der Waals surface area (Å²) < 4.78 is 0. The Balaban J connectivity index is 2.74. The molecule has 0 bridgehead atoms. The molecule has 0 radical (unpaired) electrons. The molecule has 88 valence electrons. The van der Waals surface area contributed by atoms with E-state index in [9.17, 15) is 9.90 Å².